The van der Waals surface area contributed by atoms with Gasteiger partial charge < -0.3 is 5.32 Å². The highest BCUT2D eigenvalue weighted by Gasteiger charge is 2.28. The molecular weight excluding hydrogens is 602 g/mol. The van der Waals surface area contributed by atoms with E-state index >= 15 is 0 Å². The number of hydrogen-bond donors (Lipinski definition) is 2. The molecule has 11 heteroatoms. The number of carbonyl (C=O) groups is 1. The van der Waals surface area contributed by atoms with Crippen molar-refractivity contribution in [2.75, 3.05) is 20.9 Å². The minimum Gasteiger partial charge on any atom is -0.325 e. The van der Waals surface area contributed by atoms with Crippen LogP contribution in [-0.2, 0) is 24.8 Å². The first kappa shape index (κ1) is 28.3. The van der Waals surface area contributed by atoms with Gasteiger partial charge in [-0.3, -0.25) is 13.8 Å². The van der Waals surface area contributed by atoms with Crippen molar-refractivity contribution in [1.82, 2.24) is 0 Å². The SMILES string of the molecule is Cc1ccc(C)c(N(CC(=O)Nc2ccc(S(=O)(=O)Nc3ccc(Br)cc3)cc2)S(=O)(=O)c2ccccc2)c1. The van der Waals surface area contributed by atoms with E-state index in [1.165, 1.54) is 36.4 Å². The zero-order valence-corrected chi connectivity index (χ0v) is 24.3. The minimum atomic E-state index is -4.06. The lowest BCUT2D eigenvalue weighted by molar-refractivity contribution is -0.114. The lowest BCUT2D eigenvalue weighted by Crippen LogP contribution is -2.38. The molecule has 1 amide bonds. The molecule has 2 N–H and O–H groups in total. The molecule has 0 fully saturated rings. The molecule has 0 heterocycles. The monoisotopic (exact) mass is 627 g/mol. The molecular formula is C28H26BrN3O5S2. The van der Waals surface area contributed by atoms with Gasteiger partial charge in [-0.25, -0.2) is 16.8 Å². The Kier molecular flexibility index (Phi) is 8.43. The number of nitrogens with one attached hydrogen (secondary N) is 2. The van der Waals surface area contributed by atoms with Gasteiger partial charge in [-0.05, 0) is 91.7 Å². The maximum Gasteiger partial charge on any atom is 0.264 e. The van der Waals surface area contributed by atoms with Gasteiger partial charge in [-0.15, -0.1) is 0 Å². The van der Waals surface area contributed by atoms with E-state index in [9.17, 15) is 21.6 Å². The summed E-state index contributed by atoms with van der Waals surface area (Å²) >= 11 is 3.31. The molecule has 4 rings (SSSR count). The third kappa shape index (κ3) is 6.86. The Morgan fingerprint density at radius 2 is 1.38 bits per heavy atom. The van der Waals surface area contributed by atoms with Crippen molar-refractivity contribution in [3.63, 3.8) is 0 Å². The molecule has 0 bridgehead atoms. The molecule has 0 unspecified atom stereocenters. The van der Waals surface area contributed by atoms with Crippen LogP contribution in [0.1, 0.15) is 11.1 Å². The maximum atomic E-state index is 13.6. The van der Waals surface area contributed by atoms with Crippen LogP contribution < -0.4 is 14.3 Å². The van der Waals surface area contributed by atoms with Gasteiger partial charge >= 0.3 is 0 Å². The molecule has 0 aliphatic heterocycles. The molecule has 0 radical (unpaired) electrons. The van der Waals surface area contributed by atoms with Crippen LogP contribution in [0, 0.1) is 13.8 Å². The highest BCUT2D eigenvalue weighted by Crippen LogP contribution is 2.28. The summed E-state index contributed by atoms with van der Waals surface area (Å²) in [5.74, 6) is -0.584. The lowest BCUT2D eigenvalue weighted by Gasteiger charge is -2.26. The van der Waals surface area contributed by atoms with E-state index in [0.29, 0.717) is 22.6 Å². The molecule has 39 heavy (non-hydrogen) atoms. The molecule has 0 spiro atoms. The van der Waals surface area contributed by atoms with Crippen molar-refractivity contribution >= 4 is 58.9 Å². The number of hydrogen-bond acceptors (Lipinski definition) is 5. The first-order valence-electron chi connectivity index (χ1n) is 11.8. The van der Waals surface area contributed by atoms with Crippen LogP contribution in [-0.4, -0.2) is 29.3 Å². The molecule has 0 saturated carbocycles. The minimum absolute atomic E-state index is 0.00656. The van der Waals surface area contributed by atoms with Crippen LogP contribution in [0.15, 0.2) is 111 Å². The quantitative estimate of drug-likeness (QED) is 0.247. The van der Waals surface area contributed by atoms with Crippen LogP contribution in [0.5, 0.6) is 0 Å². The standard InChI is InChI=1S/C28H26BrN3O5S2/c1-20-8-9-21(2)27(18-20)32(39(36,37)26-6-4-3-5-7-26)19-28(33)30-23-14-16-25(17-15-23)38(34,35)31-24-12-10-22(29)11-13-24/h3-18,31H,19H2,1-2H3,(H,30,33). The Morgan fingerprint density at radius 1 is 0.769 bits per heavy atom. The Hall–Kier alpha value is -3.67. The van der Waals surface area contributed by atoms with Gasteiger partial charge in [0.1, 0.15) is 6.54 Å². The number of nitrogens with zero attached hydrogens (tertiary/aromatic N) is 1. The topological polar surface area (TPSA) is 113 Å². The van der Waals surface area contributed by atoms with Crippen molar-refractivity contribution < 1.29 is 21.6 Å². The van der Waals surface area contributed by atoms with Crippen molar-refractivity contribution in [3.8, 4) is 0 Å². The van der Waals surface area contributed by atoms with Crippen LogP contribution in [0.2, 0.25) is 0 Å². The first-order valence-corrected chi connectivity index (χ1v) is 15.5. The zero-order chi connectivity index (χ0) is 28.2. The summed E-state index contributed by atoms with van der Waals surface area (Å²) in [4.78, 5) is 13.1. The van der Waals surface area contributed by atoms with Gasteiger partial charge in [0.05, 0.1) is 15.5 Å². The number of rotatable bonds is 9. The molecule has 0 aliphatic rings. The largest absolute Gasteiger partial charge is 0.325 e. The van der Waals surface area contributed by atoms with Crippen molar-refractivity contribution in [2.24, 2.45) is 0 Å². The number of sulfonamides is 2. The van der Waals surface area contributed by atoms with Crippen LogP contribution in [0.3, 0.4) is 0 Å². The van der Waals surface area contributed by atoms with Crippen LogP contribution >= 0.6 is 15.9 Å². The number of anilines is 3. The Bertz CT molecular complexity index is 1690. The van der Waals surface area contributed by atoms with Gasteiger partial charge in [0, 0.05) is 15.8 Å². The number of halogens is 1. The van der Waals surface area contributed by atoms with Crippen LogP contribution in [0.25, 0.3) is 0 Å². The number of carbonyl (C=O) groups excluding carboxylic acids is 1. The van der Waals surface area contributed by atoms with E-state index in [1.807, 2.05) is 13.0 Å². The lowest BCUT2D eigenvalue weighted by atomic mass is 10.1. The molecule has 8 nitrogen and oxygen atoms in total. The summed E-state index contributed by atoms with van der Waals surface area (Å²) in [6, 6.07) is 25.6. The summed E-state index contributed by atoms with van der Waals surface area (Å²) in [7, 11) is -7.91. The van der Waals surface area contributed by atoms with E-state index in [2.05, 4.69) is 26.0 Å². The summed E-state index contributed by atoms with van der Waals surface area (Å²) in [6.45, 7) is 3.14. The van der Waals surface area contributed by atoms with E-state index < -0.39 is 32.5 Å². The predicted octanol–water partition coefficient (Wildman–Crippen LogP) is 5.70. The molecule has 4 aromatic carbocycles. The normalized spacial score (nSPS) is 11.6. The van der Waals surface area contributed by atoms with Crippen LogP contribution in [0.4, 0.5) is 17.1 Å². The molecule has 0 aliphatic carbocycles. The van der Waals surface area contributed by atoms with Gasteiger partial charge in [0.15, 0.2) is 0 Å². The van der Waals surface area contributed by atoms with Gasteiger partial charge in [-0.1, -0.05) is 46.3 Å². The number of aryl methyl sites for hydroxylation is 2. The molecule has 0 saturated heterocycles. The summed E-state index contributed by atoms with van der Waals surface area (Å²) in [6.07, 6.45) is 0. The highest BCUT2D eigenvalue weighted by atomic mass is 79.9. The summed E-state index contributed by atoms with van der Waals surface area (Å²) in [5, 5.41) is 2.67. The third-order valence-corrected chi connectivity index (χ3v) is 9.50. The Morgan fingerprint density at radius 3 is 2.03 bits per heavy atom. The van der Waals surface area contributed by atoms with Gasteiger partial charge in [0.25, 0.3) is 20.0 Å². The highest BCUT2D eigenvalue weighted by molar-refractivity contribution is 9.10. The first-order chi connectivity index (χ1) is 18.5. The number of amides is 1. The predicted molar refractivity (Wildman–Crippen MR) is 157 cm³/mol. The summed E-state index contributed by atoms with van der Waals surface area (Å²) in [5.41, 5.74) is 2.66. The van der Waals surface area contributed by atoms with Crippen molar-refractivity contribution in [3.05, 3.63) is 113 Å². The van der Waals surface area contributed by atoms with E-state index in [4.69, 9.17) is 0 Å². The average Bonchev–Trinajstić information content (AvgIpc) is 2.91. The fourth-order valence-electron chi connectivity index (χ4n) is 3.79. The van der Waals surface area contributed by atoms with Crippen molar-refractivity contribution in [1.29, 1.82) is 0 Å². The average molecular weight is 629 g/mol. The second-order valence-electron chi connectivity index (χ2n) is 8.80. The van der Waals surface area contributed by atoms with Gasteiger partial charge in [-0.2, -0.15) is 0 Å². The molecule has 202 valence electrons. The van der Waals surface area contributed by atoms with Gasteiger partial charge in [0.2, 0.25) is 5.91 Å². The van der Waals surface area contributed by atoms with E-state index in [-0.39, 0.29) is 9.79 Å². The number of benzene rings is 4. The smallest absolute Gasteiger partial charge is 0.264 e. The van der Waals surface area contributed by atoms with Crippen molar-refractivity contribution in [2.45, 2.75) is 23.6 Å². The molecule has 0 aromatic heterocycles. The Balaban J connectivity index is 1.55. The molecule has 4 aromatic rings. The maximum absolute atomic E-state index is 13.6. The fraction of sp³-hybridized carbons (Fsp3) is 0.107. The van der Waals surface area contributed by atoms with E-state index in [0.717, 1.165) is 14.3 Å². The summed E-state index contributed by atoms with van der Waals surface area (Å²) < 4.78 is 57.0. The fourth-order valence-corrected chi connectivity index (χ4v) is 6.61. The zero-order valence-electron chi connectivity index (χ0n) is 21.1. The third-order valence-electron chi connectivity index (χ3n) is 5.80. The molecule has 0 atom stereocenters. The second kappa shape index (κ2) is 11.6. The second-order valence-corrected chi connectivity index (χ2v) is 13.3. The Labute approximate surface area is 236 Å². The van der Waals surface area contributed by atoms with E-state index in [1.54, 1.807) is 61.5 Å².